The van der Waals surface area contributed by atoms with E-state index in [4.69, 9.17) is 35.2 Å². The summed E-state index contributed by atoms with van der Waals surface area (Å²) < 4.78 is 28.2. The zero-order valence-electron chi connectivity index (χ0n) is 37.2. The lowest BCUT2D eigenvalue weighted by Crippen LogP contribution is -2.58. The number of nitrogens with zero attached hydrogens (tertiary/aromatic N) is 2. The van der Waals surface area contributed by atoms with Crippen LogP contribution in [0.25, 0.3) is 10.4 Å². The van der Waals surface area contributed by atoms with E-state index >= 15 is 0 Å². The highest BCUT2D eigenvalue weighted by Gasteiger charge is 2.44. The van der Waals surface area contributed by atoms with E-state index in [0.717, 1.165) is 39.2 Å². The molecule has 1 aromatic heterocycles. The Labute approximate surface area is 381 Å². The van der Waals surface area contributed by atoms with E-state index in [1.807, 2.05) is 88.7 Å². The van der Waals surface area contributed by atoms with E-state index in [1.165, 1.54) is 4.90 Å². The van der Waals surface area contributed by atoms with Crippen LogP contribution in [0.5, 0.6) is 0 Å². The summed E-state index contributed by atoms with van der Waals surface area (Å²) in [6.45, 7) is 12.3. The predicted octanol–water partition coefficient (Wildman–Crippen LogP) is 3.46. The number of ether oxygens (including phenoxy) is 5. The first-order valence-electron chi connectivity index (χ1n) is 21.2. The number of β-amino-alcohol motifs (C(OH)–C–C–N with tert-alkyl or cyclic N) is 1. The normalized spacial score (nSPS) is 16.5. The van der Waals surface area contributed by atoms with Crippen LogP contribution in [0.1, 0.15) is 69.3 Å². The highest BCUT2D eigenvalue weighted by Crippen LogP contribution is 2.28. The maximum Gasteiger partial charge on any atom is 0.246 e. The van der Waals surface area contributed by atoms with Gasteiger partial charge in [0.05, 0.1) is 81.1 Å². The molecule has 0 radical (unpaired) electrons. The molecule has 350 valence electrons. The van der Waals surface area contributed by atoms with Gasteiger partial charge in [0.25, 0.3) is 0 Å². The quantitative estimate of drug-likeness (QED) is 0.0694. The Balaban J connectivity index is 0.0000106. The number of primary amides is 1. The van der Waals surface area contributed by atoms with Gasteiger partial charge in [-0.2, -0.15) is 0 Å². The predicted molar refractivity (Wildman–Crippen MR) is 243 cm³/mol. The van der Waals surface area contributed by atoms with E-state index in [-0.39, 0.29) is 82.1 Å². The van der Waals surface area contributed by atoms with Crippen LogP contribution >= 0.6 is 23.7 Å². The number of carbonyl (C=O) groups is 4. The minimum Gasteiger partial charge on any atom is -0.391 e. The van der Waals surface area contributed by atoms with Gasteiger partial charge in [0.15, 0.2) is 0 Å². The smallest absolute Gasteiger partial charge is 0.246 e. The van der Waals surface area contributed by atoms with Crippen molar-refractivity contribution in [3.05, 3.63) is 76.4 Å². The fraction of sp³-hybridized carbons (Fsp3) is 0.578. The van der Waals surface area contributed by atoms with Crippen molar-refractivity contribution in [2.24, 2.45) is 16.9 Å². The summed E-state index contributed by atoms with van der Waals surface area (Å²) >= 11 is 1.57. The number of benzene rings is 2. The summed E-state index contributed by atoms with van der Waals surface area (Å²) in [6, 6.07) is 13.9. The van der Waals surface area contributed by atoms with Gasteiger partial charge < -0.3 is 55.8 Å². The second kappa shape index (κ2) is 27.3. The van der Waals surface area contributed by atoms with E-state index in [2.05, 4.69) is 15.6 Å². The monoisotopic (exact) mass is 918 g/mol. The Bertz CT molecular complexity index is 1840. The van der Waals surface area contributed by atoms with Gasteiger partial charge >= 0.3 is 0 Å². The first-order valence-corrected chi connectivity index (χ1v) is 22.1. The van der Waals surface area contributed by atoms with Crippen molar-refractivity contribution in [1.29, 1.82) is 0 Å². The molecule has 1 aliphatic heterocycles. The van der Waals surface area contributed by atoms with Gasteiger partial charge in [0, 0.05) is 32.0 Å². The Kier molecular flexibility index (Phi) is 23.1. The van der Waals surface area contributed by atoms with E-state index in [0.29, 0.717) is 46.1 Å². The average molecular weight is 920 g/mol. The van der Waals surface area contributed by atoms with Gasteiger partial charge in [0.2, 0.25) is 23.6 Å². The molecular formula is C45H67ClN6O10S. The van der Waals surface area contributed by atoms with Crippen LogP contribution in [0, 0.1) is 12.3 Å². The molecule has 4 rings (SSSR count). The number of aryl methyl sites for hydroxylation is 1. The van der Waals surface area contributed by atoms with Crippen LogP contribution in [0.2, 0.25) is 0 Å². The third-order valence-electron chi connectivity index (χ3n) is 10.5. The summed E-state index contributed by atoms with van der Waals surface area (Å²) in [5, 5.41) is 16.2. The molecule has 3 aromatic rings. The molecule has 2 aromatic carbocycles. The number of aliphatic hydroxyl groups excluding tert-OH is 1. The lowest BCUT2D eigenvalue weighted by molar-refractivity contribution is -0.144. The highest BCUT2D eigenvalue weighted by molar-refractivity contribution is 7.13. The van der Waals surface area contributed by atoms with E-state index < -0.39 is 35.4 Å². The summed E-state index contributed by atoms with van der Waals surface area (Å²) in [6.07, 6.45) is 0.540. The molecule has 0 unspecified atom stereocenters. The zero-order chi connectivity index (χ0) is 45.1. The number of halogens is 1. The molecule has 1 saturated heterocycles. The van der Waals surface area contributed by atoms with Crippen molar-refractivity contribution in [3.63, 3.8) is 0 Å². The third kappa shape index (κ3) is 18.5. The molecule has 0 saturated carbocycles. The molecular weight excluding hydrogens is 852 g/mol. The second-order valence-corrected chi connectivity index (χ2v) is 17.4. The van der Waals surface area contributed by atoms with Crippen molar-refractivity contribution >= 4 is 47.4 Å². The van der Waals surface area contributed by atoms with Gasteiger partial charge in [-0.1, -0.05) is 69.3 Å². The molecule has 0 bridgehead atoms. The lowest BCUT2D eigenvalue weighted by atomic mass is 9.85. The largest absolute Gasteiger partial charge is 0.391 e. The number of aromatic nitrogens is 1. The third-order valence-corrected chi connectivity index (χ3v) is 11.4. The number of thiazole rings is 1. The minimum absolute atomic E-state index is 0. The molecule has 1 aliphatic rings. The van der Waals surface area contributed by atoms with Crippen LogP contribution in [0.3, 0.4) is 0 Å². The van der Waals surface area contributed by atoms with Gasteiger partial charge in [-0.15, -0.1) is 23.7 Å². The molecule has 5 atom stereocenters. The fourth-order valence-corrected chi connectivity index (χ4v) is 7.51. The van der Waals surface area contributed by atoms with Gasteiger partial charge in [-0.3, -0.25) is 19.2 Å². The number of likely N-dealkylation sites (tertiary alicyclic amines) is 1. The summed E-state index contributed by atoms with van der Waals surface area (Å²) in [7, 11) is 0. The highest BCUT2D eigenvalue weighted by atomic mass is 35.5. The fourth-order valence-electron chi connectivity index (χ4n) is 6.69. The molecule has 1 fully saturated rings. The zero-order valence-corrected chi connectivity index (χ0v) is 38.8. The molecule has 4 amide bonds. The SMILES string of the molecule is Cc1ncsc1-c1ccc(CNC(=O)[C@@H]2C[C@@H](O)CN2C(=O)[C@@H](NC(=O)COCCOCCOCCOCCc2ccc(CO[C@H](C)[C@@H](N)CCC(N)=O)cc2)C(C)(C)C)cc1.Cl. The first-order chi connectivity index (χ1) is 29.6. The Hall–Kier alpha value is -4.04. The van der Waals surface area contributed by atoms with Crippen LogP contribution < -0.4 is 22.1 Å². The Morgan fingerprint density at radius 1 is 0.905 bits per heavy atom. The number of nitrogens with two attached hydrogens (primary N) is 2. The molecule has 18 heteroatoms. The molecule has 16 nitrogen and oxygen atoms in total. The van der Waals surface area contributed by atoms with Crippen molar-refractivity contribution in [1.82, 2.24) is 20.5 Å². The van der Waals surface area contributed by atoms with E-state index in [9.17, 15) is 24.3 Å². The number of hydrogen-bond acceptors (Lipinski definition) is 13. The number of rotatable bonds is 27. The van der Waals surface area contributed by atoms with Crippen LogP contribution in [0.15, 0.2) is 54.0 Å². The van der Waals surface area contributed by atoms with Crippen molar-refractivity contribution in [2.45, 2.75) is 104 Å². The number of aliphatic hydroxyl groups is 1. The second-order valence-electron chi connectivity index (χ2n) is 16.6. The topological polar surface area (TPSA) is 227 Å². The van der Waals surface area contributed by atoms with Crippen molar-refractivity contribution in [2.75, 3.05) is 59.4 Å². The molecule has 63 heavy (non-hydrogen) atoms. The Morgan fingerprint density at radius 3 is 2.08 bits per heavy atom. The van der Waals surface area contributed by atoms with Gasteiger partial charge in [-0.05, 0) is 54.4 Å². The first kappa shape index (κ1) is 53.3. The summed E-state index contributed by atoms with van der Waals surface area (Å²) in [5.41, 5.74) is 17.5. The number of hydrogen-bond donors (Lipinski definition) is 5. The van der Waals surface area contributed by atoms with Crippen LogP contribution in [0.4, 0.5) is 0 Å². The maximum atomic E-state index is 13.9. The summed E-state index contributed by atoms with van der Waals surface area (Å²) in [5.74, 6) is -1.66. The van der Waals surface area contributed by atoms with Crippen LogP contribution in [-0.2, 0) is 62.4 Å². The molecule has 7 N–H and O–H groups in total. The molecule has 0 spiro atoms. The number of amides is 4. The Morgan fingerprint density at radius 2 is 1.49 bits per heavy atom. The standard InChI is InChI=1S/C45H66N6O10S.ClH/c1-30-41(62-29-49-30)35-12-10-33(11-13-35)25-48-43(55)38-24-36(52)26-51(38)44(56)42(45(3,4)5)50-40(54)28-60-23-22-59-21-20-58-19-18-57-17-16-32-6-8-34(9-7-32)27-61-31(2)37(46)14-15-39(47)53;/h6-13,29,31,36-38,42,52H,14-28,46H2,1-5H3,(H2,47,53)(H,48,55)(H,50,54);1H/t31-,36-,37+,38+,42-;/m1./s1. The van der Waals surface area contributed by atoms with Gasteiger partial charge in [0.1, 0.15) is 18.7 Å². The molecule has 2 heterocycles. The lowest BCUT2D eigenvalue weighted by Gasteiger charge is -2.35. The van der Waals surface area contributed by atoms with Crippen molar-refractivity contribution < 1.29 is 48.0 Å². The minimum atomic E-state index is -0.958. The van der Waals surface area contributed by atoms with Crippen LogP contribution in [-0.4, -0.2) is 128 Å². The van der Waals surface area contributed by atoms with Gasteiger partial charge in [-0.25, -0.2) is 4.98 Å². The maximum absolute atomic E-state index is 13.9. The number of carbonyl (C=O) groups excluding carboxylic acids is 4. The number of nitrogens with one attached hydrogen (secondary N) is 2. The summed E-state index contributed by atoms with van der Waals surface area (Å²) in [4.78, 5) is 57.9. The average Bonchev–Trinajstić information content (AvgIpc) is 3.86. The molecule has 0 aliphatic carbocycles. The van der Waals surface area contributed by atoms with Crippen molar-refractivity contribution in [3.8, 4) is 10.4 Å². The van der Waals surface area contributed by atoms with E-state index in [1.54, 1.807) is 11.3 Å².